The van der Waals surface area contributed by atoms with Gasteiger partial charge in [0, 0.05) is 32.2 Å². The number of hydrogen-bond acceptors (Lipinski definition) is 4. The van der Waals surface area contributed by atoms with Crippen molar-refractivity contribution < 1.29 is 18.0 Å². The molecule has 0 radical (unpaired) electrons. The third kappa shape index (κ3) is 4.32. The van der Waals surface area contributed by atoms with Gasteiger partial charge in [-0.1, -0.05) is 6.92 Å². The van der Waals surface area contributed by atoms with Crippen LogP contribution >= 0.6 is 0 Å². The van der Waals surface area contributed by atoms with Crippen molar-refractivity contribution in [3.8, 4) is 0 Å². The number of sulfonamides is 1. The first kappa shape index (κ1) is 19.8. The minimum Gasteiger partial charge on any atom is -0.341 e. The fourth-order valence-electron chi connectivity index (χ4n) is 3.76. The fourth-order valence-corrected chi connectivity index (χ4v) is 5.41. The molecule has 7 nitrogen and oxygen atoms in total. The molecule has 3 rings (SSSR count). The molecule has 0 spiro atoms. The maximum atomic E-state index is 13.1. The highest BCUT2D eigenvalue weighted by Crippen LogP contribution is 2.29. The average molecular weight is 394 g/mol. The van der Waals surface area contributed by atoms with Crippen molar-refractivity contribution in [3.05, 3.63) is 24.3 Å². The van der Waals surface area contributed by atoms with Gasteiger partial charge in [-0.3, -0.25) is 9.59 Å². The molecule has 2 aliphatic rings. The van der Waals surface area contributed by atoms with Crippen molar-refractivity contribution in [2.75, 3.05) is 25.0 Å². The van der Waals surface area contributed by atoms with Crippen LogP contribution in [0, 0.1) is 5.92 Å². The van der Waals surface area contributed by atoms with Gasteiger partial charge in [0.2, 0.25) is 21.8 Å². The summed E-state index contributed by atoms with van der Waals surface area (Å²) in [5.74, 6) is 0.323. The lowest BCUT2D eigenvalue weighted by Gasteiger charge is -2.34. The van der Waals surface area contributed by atoms with Crippen LogP contribution in [-0.2, 0) is 19.6 Å². The minimum atomic E-state index is -3.75. The molecule has 2 amide bonds. The first-order chi connectivity index (χ1) is 12.8. The van der Waals surface area contributed by atoms with Crippen LogP contribution in [0.2, 0.25) is 0 Å². The Morgan fingerprint density at radius 3 is 2.26 bits per heavy atom. The highest BCUT2D eigenvalue weighted by atomic mass is 32.2. The molecule has 27 heavy (non-hydrogen) atoms. The predicted octanol–water partition coefficient (Wildman–Crippen LogP) is 2.06. The maximum Gasteiger partial charge on any atom is 0.243 e. The Kier molecular flexibility index (Phi) is 5.86. The van der Waals surface area contributed by atoms with Crippen LogP contribution in [-0.4, -0.2) is 55.1 Å². The first-order valence-electron chi connectivity index (χ1n) is 9.47. The number of benzene rings is 1. The Morgan fingerprint density at radius 1 is 1.04 bits per heavy atom. The van der Waals surface area contributed by atoms with Crippen molar-refractivity contribution in [1.82, 2.24) is 9.21 Å². The quantitative estimate of drug-likeness (QED) is 0.848. The van der Waals surface area contributed by atoms with Crippen LogP contribution in [0.4, 0.5) is 5.69 Å². The molecule has 0 aliphatic carbocycles. The lowest BCUT2D eigenvalue weighted by molar-refractivity contribution is -0.136. The number of amides is 2. The number of likely N-dealkylation sites (tertiary alicyclic amines) is 1. The third-order valence-electron chi connectivity index (χ3n) is 5.37. The molecule has 148 valence electrons. The Hall–Kier alpha value is -1.93. The summed E-state index contributed by atoms with van der Waals surface area (Å²) in [5.41, 5.74) is 0.540. The van der Waals surface area contributed by atoms with E-state index in [1.807, 2.05) is 4.90 Å². The number of nitrogens with zero attached hydrogens (tertiary/aromatic N) is 2. The molecule has 0 bridgehead atoms. The molecule has 1 aromatic carbocycles. The fraction of sp³-hybridized carbons (Fsp3) is 0.579. The van der Waals surface area contributed by atoms with E-state index in [4.69, 9.17) is 0 Å². The number of nitrogens with one attached hydrogen (secondary N) is 1. The van der Waals surface area contributed by atoms with E-state index in [0.717, 1.165) is 12.8 Å². The number of piperidine rings is 1. The van der Waals surface area contributed by atoms with E-state index in [9.17, 15) is 18.0 Å². The van der Waals surface area contributed by atoms with Crippen molar-refractivity contribution in [2.45, 2.75) is 50.5 Å². The van der Waals surface area contributed by atoms with Crippen LogP contribution < -0.4 is 5.32 Å². The molecule has 0 aromatic heterocycles. The largest absolute Gasteiger partial charge is 0.341 e. The van der Waals surface area contributed by atoms with Crippen molar-refractivity contribution in [1.29, 1.82) is 0 Å². The summed E-state index contributed by atoms with van der Waals surface area (Å²) in [7, 11) is -3.75. The SMILES string of the molecule is CC(=O)Nc1ccc(S(=O)(=O)N2CCC[C@@H]2C(=O)N2CCC(C)CC2)cc1. The molecule has 0 unspecified atom stereocenters. The zero-order valence-electron chi connectivity index (χ0n) is 15.8. The second-order valence-electron chi connectivity index (χ2n) is 7.49. The van der Waals surface area contributed by atoms with Gasteiger partial charge in [0.1, 0.15) is 6.04 Å². The Bertz CT molecular complexity index is 799. The lowest BCUT2D eigenvalue weighted by atomic mass is 9.98. The normalized spacial score (nSPS) is 22.0. The highest BCUT2D eigenvalue weighted by molar-refractivity contribution is 7.89. The summed E-state index contributed by atoms with van der Waals surface area (Å²) in [6.45, 7) is 5.34. The standard InChI is InChI=1S/C19H27N3O4S/c1-14-9-12-21(13-10-14)19(24)18-4-3-11-22(18)27(25,26)17-7-5-16(6-8-17)20-15(2)23/h5-8,14,18H,3-4,9-13H2,1-2H3,(H,20,23)/t18-/m1/s1. The number of rotatable bonds is 4. The lowest BCUT2D eigenvalue weighted by Crippen LogP contribution is -2.49. The Morgan fingerprint density at radius 2 is 1.67 bits per heavy atom. The summed E-state index contributed by atoms with van der Waals surface area (Å²) >= 11 is 0. The summed E-state index contributed by atoms with van der Waals surface area (Å²) in [4.78, 5) is 26.0. The molecule has 1 aromatic rings. The molecule has 1 N–H and O–H groups in total. The van der Waals surface area contributed by atoms with E-state index in [2.05, 4.69) is 12.2 Å². The summed E-state index contributed by atoms with van der Waals surface area (Å²) in [6, 6.07) is 5.46. The van der Waals surface area contributed by atoms with Gasteiger partial charge in [0.15, 0.2) is 0 Å². The van der Waals surface area contributed by atoms with E-state index in [0.29, 0.717) is 44.1 Å². The van der Waals surface area contributed by atoms with E-state index < -0.39 is 16.1 Å². The topological polar surface area (TPSA) is 86.8 Å². The number of hydrogen-bond donors (Lipinski definition) is 1. The molecule has 2 heterocycles. The number of carbonyl (C=O) groups excluding carboxylic acids is 2. The monoisotopic (exact) mass is 393 g/mol. The van der Waals surface area contributed by atoms with Gasteiger partial charge in [0.25, 0.3) is 0 Å². The van der Waals surface area contributed by atoms with Crippen molar-refractivity contribution in [2.24, 2.45) is 5.92 Å². The van der Waals surface area contributed by atoms with Crippen molar-refractivity contribution >= 4 is 27.5 Å². The smallest absolute Gasteiger partial charge is 0.243 e. The molecule has 2 saturated heterocycles. The summed E-state index contributed by atoms with van der Waals surface area (Å²) < 4.78 is 27.5. The second-order valence-corrected chi connectivity index (χ2v) is 9.38. The third-order valence-corrected chi connectivity index (χ3v) is 7.29. The molecule has 1 atom stereocenters. The van der Waals surface area contributed by atoms with Gasteiger partial charge in [-0.2, -0.15) is 4.31 Å². The molecule has 8 heteroatoms. The predicted molar refractivity (Wildman–Crippen MR) is 103 cm³/mol. The number of carbonyl (C=O) groups is 2. The van der Waals surface area contributed by atoms with Crippen LogP contribution in [0.15, 0.2) is 29.2 Å². The van der Waals surface area contributed by atoms with Gasteiger partial charge in [-0.25, -0.2) is 8.42 Å². The van der Waals surface area contributed by atoms with Gasteiger partial charge < -0.3 is 10.2 Å². The van der Waals surface area contributed by atoms with E-state index in [1.54, 1.807) is 12.1 Å². The van der Waals surface area contributed by atoms with Gasteiger partial charge in [-0.15, -0.1) is 0 Å². The summed E-state index contributed by atoms with van der Waals surface area (Å²) in [6.07, 6.45) is 3.18. The summed E-state index contributed by atoms with van der Waals surface area (Å²) in [5, 5.41) is 2.62. The highest BCUT2D eigenvalue weighted by Gasteiger charge is 2.41. The molecular formula is C19H27N3O4S. The second kappa shape index (κ2) is 7.98. The Balaban J connectivity index is 1.76. The molecular weight excluding hydrogens is 366 g/mol. The zero-order chi connectivity index (χ0) is 19.6. The van der Waals surface area contributed by atoms with Crippen molar-refractivity contribution in [3.63, 3.8) is 0 Å². The van der Waals surface area contributed by atoms with Crippen LogP contribution in [0.5, 0.6) is 0 Å². The van der Waals surface area contributed by atoms with Gasteiger partial charge in [0.05, 0.1) is 4.90 Å². The number of anilines is 1. The molecule has 0 saturated carbocycles. The average Bonchev–Trinajstić information content (AvgIpc) is 3.12. The molecule has 2 aliphatic heterocycles. The van der Waals surface area contributed by atoms with Crippen LogP contribution in [0.1, 0.15) is 39.5 Å². The van der Waals surface area contributed by atoms with E-state index in [1.165, 1.54) is 23.4 Å². The van der Waals surface area contributed by atoms with E-state index in [-0.39, 0.29) is 16.7 Å². The zero-order valence-corrected chi connectivity index (χ0v) is 16.7. The first-order valence-corrected chi connectivity index (χ1v) is 10.9. The van der Waals surface area contributed by atoms with E-state index >= 15 is 0 Å². The minimum absolute atomic E-state index is 0.0714. The van der Waals surface area contributed by atoms with Gasteiger partial charge >= 0.3 is 0 Å². The maximum absolute atomic E-state index is 13.1. The Labute approximate surface area is 160 Å². The molecule has 2 fully saturated rings. The van der Waals surface area contributed by atoms with Crippen LogP contribution in [0.3, 0.4) is 0 Å². The van der Waals surface area contributed by atoms with Crippen LogP contribution in [0.25, 0.3) is 0 Å². The van der Waals surface area contributed by atoms with Gasteiger partial charge in [-0.05, 0) is 55.9 Å².